The van der Waals surface area contributed by atoms with Crippen molar-refractivity contribution in [2.75, 3.05) is 0 Å². The van der Waals surface area contributed by atoms with Crippen molar-refractivity contribution in [1.82, 2.24) is 0 Å². The highest BCUT2D eigenvalue weighted by Gasteiger charge is 2.33. The zero-order valence-corrected chi connectivity index (χ0v) is 13.0. The predicted octanol–water partition coefficient (Wildman–Crippen LogP) is 3.87. The number of esters is 2. The van der Waals surface area contributed by atoms with E-state index in [-0.39, 0.29) is 29.1 Å². The van der Waals surface area contributed by atoms with Gasteiger partial charge in [-0.05, 0) is 30.6 Å². The van der Waals surface area contributed by atoms with Gasteiger partial charge in [-0.1, -0.05) is 46.3 Å². The maximum Gasteiger partial charge on any atom is 0.317 e. The van der Waals surface area contributed by atoms with E-state index in [2.05, 4.69) is 45.4 Å². The molecule has 0 saturated carbocycles. The Morgan fingerprint density at radius 1 is 1.26 bits per heavy atom. The lowest BCUT2D eigenvalue weighted by Crippen LogP contribution is -2.19. The number of hydrogen-bond acceptors (Lipinski definition) is 3. The first-order chi connectivity index (χ1) is 8.48. The summed E-state index contributed by atoms with van der Waals surface area (Å²) in [5, 5.41) is 0. The average Bonchev–Trinajstić information content (AvgIpc) is 2.38. The van der Waals surface area contributed by atoms with E-state index in [0.29, 0.717) is 6.42 Å². The molecular formula is C16H26O3. The van der Waals surface area contributed by atoms with Crippen molar-refractivity contribution in [3.05, 3.63) is 11.6 Å². The summed E-state index contributed by atoms with van der Waals surface area (Å²) in [6.07, 6.45) is 4.15. The van der Waals surface area contributed by atoms with Crippen LogP contribution in [0, 0.1) is 16.7 Å². The van der Waals surface area contributed by atoms with Gasteiger partial charge in [0.1, 0.15) is 0 Å². The second kappa shape index (κ2) is 5.48. The molecule has 0 aliphatic carbocycles. The Hall–Kier alpha value is -1.12. The van der Waals surface area contributed by atoms with Crippen LogP contribution in [0.4, 0.5) is 0 Å². The van der Waals surface area contributed by atoms with Gasteiger partial charge in [0.2, 0.25) is 0 Å². The fourth-order valence-electron chi connectivity index (χ4n) is 3.21. The molecule has 1 aliphatic rings. The molecule has 1 fully saturated rings. The quantitative estimate of drug-likeness (QED) is 0.440. The average molecular weight is 266 g/mol. The first kappa shape index (κ1) is 15.9. The molecule has 108 valence electrons. The van der Waals surface area contributed by atoms with Gasteiger partial charge >= 0.3 is 11.9 Å². The van der Waals surface area contributed by atoms with E-state index < -0.39 is 5.97 Å². The van der Waals surface area contributed by atoms with E-state index >= 15 is 0 Å². The molecule has 1 saturated heterocycles. The third kappa shape index (κ3) is 5.58. The Kier molecular flexibility index (Phi) is 4.59. The first-order valence-electron chi connectivity index (χ1n) is 6.91. The molecule has 1 atom stereocenters. The van der Waals surface area contributed by atoms with Gasteiger partial charge < -0.3 is 4.74 Å². The molecule has 3 nitrogen and oxygen atoms in total. The van der Waals surface area contributed by atoms with Crippen molar-refractivity contribution in [2.24, 2.45) is 16.7 Å². The van der Waals surface area contributed by atoms with Crippen molar-refractivity contribution < 1.29 is 14.3 Å². The Morgan fingerprint density at radius 3 is 2.26 bits per heavy atom. The lowest BCUT2D eigenvalue weighted by molar-refractivity contribution is -0.153. The van der Waals surface area contributed by atoms with Crippen molar-refractivity contribution >= 4 is 11.9 Å². The molecule has 1 heterocycles. The number of carbonyl (C=O) groups is 2. The smallest absolute Gasteiger partial charge is 0.317 e. The molecule has 0 aromatic heterocycles. The van der Waals surface area contributed by atoms with Crippen molar-refractivity contribution in [1.29, 1.82) is 0 Å². The zero-order chi connectivity index (χ0) is 14.8. The van der Waals surface area contributed by atoms with Crippen LogP contribution in [0.2, 0.25) is 0 Å². The fraction of sp³-hybridized carbons (Fsp3) is 0.750. The van der Waals surface area contributed by atoms with Crippen molar-refractivity contribution in [3.8, 4) is 0 Å². The summed E-state index contributed by atoms with van der Waals surface area (Å²) in [5.41, 5.74) is 1.52. The normalized spacial score (nSPS) is 21.8. The predicted molar refractivity (Wildman–Crippen MR) is 75.4 cm³/mol. The van der Waals surface area contributed by atoms with Gasteiger partial charge in [0.05, 0.1) is 12.3 Å². The fourth-order valence-corrected chi connectivity index (χ4v) is 3.21. The number of hydrogen-bond donors (Lipinski definition) is 0. The van der Waals surface area contributed by atoms with Gasteiger partial charge in [-0.3, -0.25) is 9.59 Å². The van der Waals surface area contributed by atoms with Gasteiger partial charge in [-0.15, -0.1) is 0 Å². The molecule has 1 aliphatic heterocycles. The van der Waals surface area contributed by atoms with Gasteiger partial charge in [0.15, 0.2) is 0 Å². The van der Waals surface area contributed by atoms with Crippen LogP contribution >= 0.6 is 0 Å². The molecule has 1 rings (SSSR count). The maximum atomic E-state index is 11.4. The summed E-state index contributed by atoms with van der Waals surface area (Å²) in [6.45, 7) is 13.1. The van der Waals surface area contributed by atoms with Crippen LogP contribution in [0.5, 0.6) is 0 Å². The largest absolute Gasteiger partial charge is 0.393 e. The number of rotatable bonds is 4. The van der Waals surface area contributed by atoms with Crippen LogP contribution < -0.4 is 0 Å². The van der Waals surface area contributed by atoms with E-state index in [1.165, 1.54) is 0 Å². The van der Waals surface area contributed by atoms with E-state index in [0.717, 1.165) is 12.0 Å². The van der Waals surface area contributed by atoms with Crippen LogP contribution in [-0.2, 0) is 14.3 Å². The third-order valence-electron chi connectivity index (χ3n) is 3.15. The lowest BCUT2D eigenvalue weighted by Gasteiger charge is -2.30. The minimum atomic E-state index is -0.392. The van der Waals surface area contributed by atoms with E-state index in [4.69, 9.17) is 0 Å². The van der Waals surface area contributed by atoms with Crippen LogP contribution in [0.3, 0.4) is 0 Å². The molecule has 0 amide bonds. The molecule has 0 aromatic carbocycles. The monoisotopic (exact) mass is 266 g/mol. The summed E-state index contributed by atoms with van der Waals surface area (Å²) < 4.78 is 4.58. The standard InChI is InChI=1S/C16H26O3/c1-11(7-12-8-13(17)19-14(12)18)9-16(5,6)10-15(2,3)4/h9,12H,7-8,10H2,1-6H3. The zero-order valence-electron chi connectivity index (χ0n) is 13.0. The second-order valence-corrected chi connectivity index (χ2v) is 7.61. The highest BCUT2D eigenvalue weighted by molar-refractivity contribution is 5.94. The molecule has 0 aromatic rings. The Labute approximate surface area is 116 Å². The van der Waals surface area contributed by atoms with Crippen LogP contribution in [0.25, 0.3) is 0 Å². The topological polar surface area (TPSA) is 43.4 Å². The van der Waals surface area contributed by atoms with E-state index in [9.17, 15) is 9.59 Å². The molecule has 0 N–H and O–H groups in total. The van der Waals surface area contributed by atoms with Gasteiger partial charge in [0, 0.05) is 0 Å². The summed E-state index contributed by atoms with van der Waals surface area (Å²) in [4.78, 5) is 22.5. The second-order valence-electron chi connectivity index (χ2n) is 7.61. The highest BCUT2D eigenvalue weighted by atomic mass is 16.6. The number of cyclic esters (lactones) is 2. The molecule has 0 bridgehead atoms. The molecule has 19 heavy (non-hydrogen) atoms. The highest BCUT2D eigenvalue weighted by Crippen LogP contribution is 2.36. The van der Waals surface area contributed by atoms with Gasteiger partial charge in [-0.25, -0.2) is 0 Å². The minimum Gasteiger partial charge on any atom is -0.393 e. The SMILES string of the molecule is CC(=CC(C)(C)CC(C)(C)C)CC1CC(=O)OC1=O. The molecule has 0 spiro atoms. The Balaban J connectivity index is 2.66. The summed E-state index contributed by atoms with van der Waals surface area (Å²) >= 11 is 0. The summed E-state index contributed by atoms with van der Waals surface area (Å²) in [7, 11) is 0. The van der Waals surface area contributed by atoms with Crippen molar-refractivity contribution in [2.45, 2.75) is 60.8 Å². The molecule has 1 unspecified atom stereocenters. The first-order valence-corrected chi connectivity index (χ1v) is 6.91. The maximum absolute atomic E-state index is 11.4. The van der Waals surface area contributed by atoms with E-state index in [1.807, 2.05) is 6.92 Å². The molecular weight excluding hydrogens is 240 g/mol. The number of ether oxygens (including phenoxy) is 1. The molecule has 0 radical (unpaired) electrons. The van der Waals surface area contributed by atoms with Gasteiger partial charge in [-0.2, -0.15) is 0 Å². The summed E-state index contributed by atoms with van der Waals surface area (Å²) in [6, 6.07) is 0. The van der Waals surface area contributed by atoms with Crippen LogP contribution in [0.1, 0.15) is 60.8 Å². The summed E-state index contributed by atoms with van der Waals surface area (Å²) in [5.74, 6) is -1.04. The minimum absolute atomic E-state index is 0.0921. The molecule has 3 heteroatoms. The number of allylic oxidation sites excluding steroid dienone is 2. The number of carbonyl (C=O) groups excluding carboxylic acids is 2. The third-order valence-corrected chi connectivity index (χ3v) is 3.15. The lowest BCUT2D eigenvalue weighted by atomic mass is 9.75. The van der Waals surface area contributed by atoms with Crippen LogP contribution in [-0.4, -0.2) is 11.9 Å². The Bertz CT molecular complexity index is 397. The Morgan fingerprint density at radius 2 is 1.84 bits per heavy atom. The van der Waals surface area contributed by atoms with Gasteiger partial charge in [0.25, 0.3) is 0 Å². The van der Waals surface area contributed by atoms with Crippen molar-refractivity contribution in [3.63, 3.8) is 0 Å². The van der Waals surface area contributed by atoms with Crippen LogP contribution in [0.15, 0.2) is 11.6 Å². The van der Waals surface area contributed by atoms with E-state index in [1.54, 1.807) is 0 Å².